The molecule has 3 nitrogen and oxygen atoms in total. The van der Waals surface area contributed by atoms with Crippen LogP contribution in [0.3, 0.4) is 0 Å². The van der Waals surface area contributed by atoms with Crippen LogP contribution in [-0.2, 0) is 4.79 Å². The molecule has 0 amide bonds. The molecule has 0 aliphatic heterocycles. The average Bonchev–Trinajstić information content (AvgIpc) is 1.87. The third-order valence-corrected chi connectivity index (χ3v) is 3.68. The summed E-state index contributed by atoms with van der Waals surface area (Å²) in [5.41, 5.74) is 0. The fourth-order valence-corrected chi connectivity index (χ4v) is 1.12. The Hall–Kier alpha value is 0.390. The first-order valence-corrected chi connectivity index (χ1v) is 4.54. The van der Waals surface area contributed by atoms with E-state index in [1.807, 2.05) is 0 Å². The van der Waals surface area contributed by atoms with Gasteiger partial charge in [-0.05, 0) is 6.42 Å². The van der Waals surface area contributed by atoms with Crippen molar-refractivity contribution < 1.29 is 15.0 Å². The molecule has 0 aliphatic carbocycles. The zero-order valence-electron chi connectivity index (χ0n) is 5.13. The quantitative estimate of drug-likeness (QED) is 0.752. The van der Waals surface area contributed by atoms with Gasteiger partial charge in [0.2, 0.25) is 0 Å². The number of aliphatic hydroxyl groups is 1. The molecule has 0 bridgehead atoms. The maximum absolute atomic E-state index is 10.3. The lowest BCUT2D eigenvalue weighted by atomic mass is 10.2. The van der Waals surface area contributed by atoms with Crippen molar-refractivity contribution in [3.8, 4) is 0 Å². The van der Waals surface area contributed by atoms with Crippen molar-refractivity contribution in [2.45, 2.75) is 16.1 Å². The molecule has 0 aromatic heterocycles. The summed E-state index contributed by atoms with van der Waals surface area (Å²) in [6.07, 6.45) is 0.433. The van der Waals surface area contributed by atoms with Crippen LogP contribution in [0.5, 0.6) is 0 Å². The number of rotatable bonds is 4. The van der Waals surface area contributed by atoms with Crippen LogP contribution in [0.4, 0.5) is 0 Å². The van der Waals surface area contributed by atoms with Gasteiger partial charge < -0.3 is 10.2 Å². The summed E-state index contributed by atoms with van der Waals surface area (Å²) < 4.78 is 0. The Morgan fingerprint density at radius 1 is 1.50 bits per heavy atom. The molecular formula is C5H8Br2O3. The number of alkyl halides is 2. The first kappa shape index (κ1) is 10.4. The van der Waals surface area contributed by atoms with Crippen molar-refractivity contribution in [3.05, 3.63) is 0 Å². The van der Waals surface area contributed by atoms with E-state index < -0.39 is 10.8 Å². The third-order valence-electron chi connectivity index (χ3n) is 0.958. The molecule has 0 aromatic rings. The highest BCUT2D eigenvalue weighted by Gasteiger charge is 2.21. The van der Waals surface area contributed by atoms with E-state index in [4.69, 9.17) is 10.2 Å². The lowest BCUT2D eigenvalue weighted by Gasteiger charge is -2.09. The summed E-state index contributed by atoms with van der Waals surface area (Å²) in [6.45, 7) is -0.00863. The van der Waals surface area contributed by atoms with E-state index in [1.165, 1.54) is 0 Å². The Morgan fingerprint density at radius 2 is 2.00 bits per heavy atom. The SMILES string of the molecule is O=C(O)C(Br)C(Br)CCO. The molecule has 2 N–H and O–H groups in total. The van der Waals surface area contributed by atoms with Crippen LogP contribution < -0.4 is 0 Å². The highest BCUT2D eigenvalue weighted by molar-refractivity contribution is 9.12. The van der Waals surface area contributed by atoms with Gasteiger partial charge in [0.15, 0.2) is 0 Å². The van der Waals surface area contributed by atoms with Crippen LogP contribution >= 0.6 is 31.9 Å². The second kappa shape index (κ2) is 5.09. The van der Waals surface area contributed by atoms with Crippen LogP contribution in [0.1, 0.15) is 6.42 Å². The summed E-state index contributed by atoms with van der Waals surface area (Å²) >= 11 is 6.07. The van der Waals surface area contributed by atoms with Crippen molar-refractivity contribution in [1.29, 1.82) is 0 Å². The maximum atomic E-state index is 10.3. The number of hydrogen-bond acceptors (Lipinski definition) is 2. The normalized spacial score (nSPS) is 16.3. The molecule has 2 unspecified atom stereocenters. The molecular weight excluding hydrogens is 268 g/mol. The first-order valence-electron chi connectivity index (χ1n) is 2.71. The molecule has 0 spiro atoms. The van der Waals surface area contributed by atoms with Gasteiger partial charge in [0, 0.05) is 11.4 Å². The van der Waals surface area contributed by atoms with Gasteiger partial charge in [0.1, 0.15) is 4.83 Å². The lowest BCUT2D eigenvalue weighted by molar-refractivity contribution is -0.136. The number of carbonyl (C=O) groups is 1. The minimum absolute atomic E-state index is 0.00863. The summed E-state index contributed by atoms with van der Waals surface area (Å²) in [4.78, 5) is 9.42. The predicted molar refractivity (Wildman–Crippen MR) is 44.8 cm³/mol. The fourth-order valence-electron chi connectivity index (χ4n) is 0.424. The largest absolute Gasteiger partial charge is 0.480 e. The molecule has 0 heterocycles. The van der Waals surface area contributed by atoms with Crippen LogP contribution in [0, 0.1) is 0 Å². The smallest absolute Gasteiger partial charge is 0.318 e. The topological polar surface area (TPSA) is 57.5 Å². The summed E-state index contributed by atoms with van der Waals surface area (Å²) in [7, 11) is 0. The summed E-state index contributed by atoms with van der Waals surface area (Å²) in [5.74, 6) is -0.921. The number of carboxylic acid groups (broad SMARTS) is 1. The second-order valence-electron chi connectivity index (χ2n) is 1.77. The van der Waals surface area contributed by atoms with Crippen molar-refractivity contribution in [2.75, 3.05) is 6.61 Å². The molecule has 0 saturated heterocycles. The second-order valence-corrected chi connectivity index (χ2v) is 3.93. The van der Waals surface area contributed by atoms with E-state index in [0.717, 1.165) is 0 Å². The Labute approximate surface area is 75.7 Å². The van der Waals surface area contributed by atoms with Crippen LogP contribution in [0.25, 0.3) is 0 Å². The molecule has 0 rings (SSSR count). The Bertz CT molecular complexity index is 117. The standard InChI is InChI=1S/C5H8Br2O3/c6-3(1-2-8)4(7)5(9)10/h3-4,8H,1-2H2,(H,9,10). The van der Waals surface area contributed by atoms with Gasteiger partial charge in [-0.3, -0.25) is 4.79 Å². The van der Waals surface area contributed by atoms with Crippen LogP contribution in [-0.4, -0.2) is 32.4 Å². The number of carboxylic acids is 1. The third kappa shape index (κ3) is 3.53. The van der Waals surface area contributed by atoms with E-state index in [0.29, 0.717) is 6.42 Å². The highest BCUT2D eigenvalue weighted by Crippen LogP contribution is 2.17. The van der Waals surface area contributed by atoms with E-state index in [9.17, 15) is 4.79 Å². The van der Waals surface area contributed by atoms with Crippen molar-refractivity contribution in [2.24, 2.45) is 0 Å². The van der Waals surface area contributed by atoms with Gasteiger partial charge in [0.25, 0.3) is 0 Å². The predicted octanol–water partition coefficient (Wildman–Crippen LogP) is 0.980. The number of aliphatic hydroxyl groups excluding tert-OH is 1. The van der Waals surface area contributed by atoms with Gasteiger partial charge in [-0.25, -0.2) is 0 Å². The molecule has 0 saturated carbocycles. The van der Waals surface area contributed by atoms with Gasteiger partial charge in [-0.15, -0.1) is 0 Å². The zero-order valence-corrected chi connectivity index (χ0v) is 8.30. The van der Waals surface area contributed by atoms with Gasteiger partial charge in [-0.2, -0.15) is 0 Å². The first-order chi connectivity index (χ1) is 4.59. The average molecular weight is 276 g/mol. The minimum atomic E-state index is -0.921. The van der Waals surface area contributed by atoms with Crippen LogP contribution in [0.2, 0.25) is 0 Å². The van der Waals surface area contributed by atoms with Crippen LogP contribution in [0.15, 0.2) is 0 Å². The number of halogens is 2. The number of hydrogen-bond donors (Lipinski definition) is 2. The van der Waals surface area contributed by atoms with E-state index in [2.05, 4.69) is 31.9 Å². The maximum Gasteiger partial charge on any atom is 0.318 e. The molecule has 0 aromatic carbocycles. The zero-order chi connectivity index (χ0) is 8.15. The molecule has 60 valence electrons. The molecule has 2 atom stereocenters. The Kier molecular flexibility index (Phi) is 5.29. The molecule has 0 aliphatic rings. The molecule has 10 heavy (non-hydrogen) atoms. The van der Waals surface area contributed by atoms with E-state index >= 15 is 0 Å². The summed E-state index contributed by atoms with van der Waals surface area (Å²) in [6, 6.07) is 0. The fraction of sp³-hybridized carbons (Fsp3) is 0.800. The van der Waals surface area contributed by atoms with E-state index in [-0.39, 0.29) is 11.4 Å². The molecule has 0 radical (unpaired) electrons. The Morgan fingerprint density at radius 3 is 2.30 bits per heavy atom. The van der Waals surface area contributed by atoms with Crippen molar-refractivity contribution in [1.82, 2.24) is 0 Å². The van der Waals surface area contributed by atoms with Gasteiger partial charge in [-0.1, -0.05) is 31.9 Å². The van der Waals surface area contributed by atoms with Gasteiger partial charge in [0.05, 0.1) is 0 Å². The minimum Gasteiger partial charge on any atom is -0.480 e. The van der Waals surface area contributed by atoms with Crippen molar-refractivity contribution in [3.63, 3.8) is 0 Å². The highest BCUT2D eigenvalue weighted by atomic mass is 79.9. The number of aliphatic carboxylic acids is 1. The molecule has 0 fully saturated rings. The summed E-state index contributed by atoms with van der Waals surface area (Å²) in [5, 5.41) is 16.8. The molecule has 5 heteroatoms. The lowest BCUT2D eigenvalue weighted by Crippen LogP contribution is -2.24. The van der Waals surface area contributed by atoms with Gasteiger partial charge >= 0.3 is 5.97 Å². The van der Waals surface area contributed by atoms with Crippen molar-refractivity contribution >= 4 is 37.8 Å². The monoisotopic (exact) mass is 274 g/mol. The van der Waals surface area contributed by atoms with E-state index in [1.54, 1.807) is 0 Å². The Balaban J connectivity index is 3.69.